The molecule has 0 atom stereocenters. The van der Waals surface area contributed by atoms with Gasteiger partial charge in [-0.1, -0.05) is 19.3 Å². The molecule has 5 heteroatoms. The third-order valence-electron chi connectivity index (χ3n) is 7.17. The zero-order valence-electron chi connectivity index (χ0n) is 18.9. The average Bonchev–Trinajstić information content (AvgIpc) is 2.70. The number of hydrogen-bond acceptors (Lipinski definition) is 5. The molecule has 2 rings (SSSR count). The molecule has 2 fully saturated rings. The van der Waals surface area contributed by atoms with Gasteiger partial charge in [0.1, 0.15) is 0 Å². The highest BCUT2D eigenvalue weighted by Crippen LogP contribution is 2.46. The first-order chi connectivity index (χ1) is 14.0. The van der Waals surface area contributed by atoms with Crippen molar-refractivity contribution in [3.05, 3.63) is 0 Å². The number of carbonyl (C=O) groups is 2. The van der Waals surface area contributed by atoms with Gasteiger partial charge < -0.3 is 14.2 Å². The van der Waals surface area contributed by atoms with Gasteiger partial charge in [0.05, 0.1) is 32.2 Å². The average molecular weight is 411 g/mol. The van der Waals surface area contributed by atoms with E-state index in [0.29, 0.717) is 32.2 Å². The highest BCUT2D eigenvalue weighted by molar-refractivity contribution is 5.74. The van der Waals surface area contributed by atoms with Crippen molar-refractivity contribution in [3.63, 3.8) is 0 Å². The van der Waals surface area contributed by atoms with E-state index in [1.165, 1.54) is 44.9 Å². The summed E-state index contributed by atoms with van der Waals surface area (Å²) in [6.45, 7) is 4.44. The number of esters is 2. The van der Waals surface area contributed by atoms with E-state index < -0.39 is 0 Å². The van der Waals surface area contributed by atoms with Gasteiger partial charge in [0, 0.05) is 7.11 Å². The SMILES string of the molecule is CCOC(=O)CC1(CC(=O)OCC)CCC(CCCC2CCC(OC)CC2)CC1. The van der Waals surface area contributed by atoms with Gasteiger partial charge in [0.15, 0.2) is 0 Å². The number of hydrogen-bond donors (Lipinski definition) is 0. The summed E-state index contributed by atoms with van der Waals surface area (Å²) in [5.41, 5.74) is -0.270. The zero-order valence-corrected chi connectivity index (χ0v) is 18.9. The van der Waals surface area contributed by atoms with Crippen LogP contribution in [0.5, 0.6) is 0 Å². The minimum absolute atomic E-state index is 0.179. The van der Waals surface area contributed by atoms with Gasteiger partial charge in [-0.3, -0.25) is 9.59 Å². The van der Waals surface area contributed by atoms with Crippen LogP contribution in [-0.2, 0) is 23.8 Å². The van der Waals surface area contributed by atoms with Gasteiger partial charge in [-0.15, -0.1) is 0 Å². The minimum Gasteiger partial charge on any atom is -0.466 e. The molecule has 29 heavy (non-hydrogen) atoms. The second kappa shape index (κ2) is 12.6. The molecule has 0 unspecified atom stereocenters. The first-order valence-corrected chi connectivity index (χ1v) is 11.8. The zero-order chi connectivity index (χ0) is 21.1. The highest BCUT2D eigenvalue weighted by atomic mass is 16.5. The predicted octanol–water partition coefficient (Wildman–Crippen LogP) is 5.44. The lowest BCUT2D eigenvalue weighted by Gasteiger charge is -2.39. The molecular formula is C24H42O5. The standard InChI is InChI=1S/C24H42O5/c1-4-28-22(25)17-24(18-23(26)29-5-2)15-13-20(14-16-24)8-6-7-19-9-11-21(27-3)12-10-19/h19-21H,4-18H2,1-3H3. The lowest BCUT2D eigenvalue weighted by molar-refractivity contribution is -0.151. The first kappa shape index (κ1) is 24.2. The third kappa shape index (κ3) is 8.27. The van der Waals surface area contributed by atoms with E-state index in [-0.39, 0.29) is 17.4 Å². The summed E-state index contributed by atoms with van der Waals surface area (Å²) >= 11 is 0. The van der Waals surface area contributed by atoms with Crippen molar-refractivity contribution in [3.8, 4) is 0 Å². The van der Waals surface area contributed by atoms with Gasteiger partial charge in [0.25, 0.3) is 0 Å². The van der Waals surface area contributed by atoms with Crippen molar-refractivity contribution in [2.24, 2.45) is 17.3 Å². The van der Waals surface area contributed by atoms with E-state index in [1.54, 1.807) is 0 Å². The Morgan fingerprint density at radius 1 is 0.793 bits per heavy atom. The molecule has 0 aromatic heterocycles. The molecule has 0 aromatic rings. The molecule has 168 valence electrons. The molecule has 0 aliphatic heterocycles. The van der Waals surface area contributed by atoms with E-state index in [0.717, 1.165) is 37.5 Å². The summed E-state index contributed by atoms with van der Waals surface area (Å²) < 4.78 is 15.8. The van der Waals surface area contributed by atoms with Crippen LogP contribution in [0.3, 0.4) is 0 Å². The molecule has 2 saturated carbocycles. The maximum absolute atomic E-state index is 12.1. The molecule has 0 saturated heterocycles. The second-order valence-corrected chi connectivity index (χ2v) is 9.22. The topological polar surface area (TPSA) is 61.8 Å². The minimum atomic E-state index is -0.270. The van der Waals surface area contributed by atoms with Crippen LogP contribution in [0.15, 0.2) is 0 Å². The van der Waals surface area contributed by atoms with E-state index in [4.69, 9.17) is 14.2 Å². The summed E-state index contributed by atoms with van der Waals surface area (Å²) in [6.07, 6.45) is 14.2. The van der Waals surface area contributed by atoms with E-state index in [1.807, 2.05) is 21.0 Å². The van der Waals surface area contributed by atoms with Gasteiger partial charge >= 0.3 is 11.9 Å². The van der Waals surface area contributed by atoms with Crippen molar-refractivity contribution in [1.82, 2.24) is 0 Å². The fourth-order valence-corrected chi connectivity index (χ4v) is 5.38. The van der Waals surface area contributed by atoms with Gasteiger partial charge in [-0.2, -0.15) is 0 Å². The third-order valence-corrected chi connectivity index (χ3v) is 7.17. The molecule has 0 radical (unpaired) electrons. The monoisotopic (exact) mass is 410 g/mol. The molecule has 0 bridgehead atoms. The van der Waals surface area contributed by atoms with Gasteiger partial charge in [0.2, 0.25) is 0 Å². The van der Waals surface area contributed by atoms with E-state index in [2.05, 4.69) is 0 Å². The van der Waals surface area contributed by atoms with Crippen LogP contribution in [-0.4, -0.2) is 38.4 Å². The second-order valence-electron chi connectivity index (χ2n) is 9.22. The number of ether oxygens (including phenoxy) is 3. The summed E-state index contributed by atoms with van der Waals surface area (Å²) in [5, 5.41) is 0. The molecule has 0 amide bonds. The van der Waals surface area contributed by atoms with Crippen molar-refractivity contribution in [2.75, 3.05) is 20.3 Å². The van der Waals surface area contributed by atoms with Crippen molar-refractivity contribution >= 4 is 11.9 Å². The maximum Gasteiger partial charge on any atom is 0.306 e. The van der Waals surface area contributed by atoms with Crippen molar-refractivity contribution < 1.29 is 23.8 Å². The highest BCUT2D eigenvalue weighted by Gasteiger charge is 2.39. The van der Waals surface area contributed by atoms with Gasteiger partial charge in [-0.25, -0.2) is 0 Å². The van der Waals surface area contributed by atoms with E-state index in [9.17, 15) is 9.59 Å². The Morgan fingerprint density at radius 2 is 1.28 bits per heavy atom. The molecule has 2 aliphatic carbocycles. The number of carbonyl (C=O) groups excluding carboxylic acids is 2. The van der Waals surface area contributed by atoms with Crippen LogP contribution < -0.4 is 0 Å². The fraction of sp³-hybridized carbons (Fsp3) is 0.917. The van der Waals surface area contributed by atoms with E-state index >= 15 is 0 Å². The maximum atomic E-state index is 12.1. The summed E-state index contributed by atoms with van der Waals surface area (Å²) in [7, 11) is 1.83. The Labute approximate surface area is 177 Å². The molecule has 0 N–H and O–H groups in total. The Bertz CT molecular complexity index is 465. The molecule has 2 aliphatic rings. The lowest BCUT2D eigenvalue weighted by atomic mass is 9.66. The van der Waals surface area contributed by atoms with Crippen molar-refractivity contribution in [2.45, 2.75) is 103 Å². The van der Waals surface area contributed by atoms with Crippen LogP contribution in [0.1, 0.15) is 97.3 Å². The van der Waals surface area contributed by atoms with Crippen molar-refractivity contribution in [1.29, 1.82) is 0 Å². The predicted molar refractivity (Wildman–Crippen MR) is 113 cm³/mol. The normalized spacial score (nSPS) is 24.8. The van der Waals surface area contributed by atoms with Crippen LogP contribution in [0.25, 0.3) is 0 Å². The number of methoxy groups -OCH3 is 1. The molecule has 5 nitrogen and oxygen atoms in total. The largest absolute Gasteiger partial charge is 0.466 e. The summed E-state index contributed by atoms with van der Waals surface area (Å²) in [5.74, 6) is 1.24. The fourth-order valence-electron chi connectivity index (χ4n) is 5.38. The smallest absolute Gasteiger partial charge is 0.306 e. The lowest BCUT2D eigenvalue weighted by Crippen LogP contribution is -2.33. The van der Waals surface area contributed by atoms with Crippen LogP contribution in [0.2, 0.25) is 0 Å². The first-order valence-electron chi connectivity index (χ1n) is 11.8. The van der Waals surface area contributed by atoms with Crippen LogP contribution in [0, 0.1) is 17.3 Å². The Hall–Kier alpha value is -1.10. The summed E-state index contributed by atoms with van der Waals surface area (Å²) in [6, 6.07) is 0. The molecular weight excluding hydrogens is 368 g/mol. The van der Waals surface area contributed by atoms with Crippen LogP contribution >= 0.6 is 0 Å². The Morgan fingerprint density at radius 3 is 1.72 bits per heavy atom. The molecule has 0 heterocycles. The quantitative estimate of drug-likeness (QED) is 0.424. The summed E-state index contributed by atoms with van der Waals surface area (Å²) in [4.78, 5) is 24.3. The molecule has 0 spiro atoms. The Balaban J connectivity index is 1.76. The molecule has 0 aromatic carbocycles. The Kier molecular flexibility index (Phi) is 10.5. The number of rotatable bonds is 11. The van der Waals surface area contributed by atoms with Gasteiger partial charge in [-0.05, 0) is 82.5 Å². The van der Waals surface area contributed by atoms with Crippen LogP contribution in [0.4, 0.5) is 0 Å².